The molecule has 0 aromatic rings. The first-order valence-electron chi connectivity index (χ1n) is 4.82. The molecule has 0 aromatic heterocycles. The minimum Gasteiger partial charge on any atom is -0.300 e. The fourth-order valence-electron chi connectivity index (χ4n) is 1.41. The summed E-state index contributed by atoms with van der Waals surface area (Å²) in [6, 6.07) is 0. The van der Waals surface area contributed by atoms with Gasteiger partial charge in [-0.15, -0.1) is 0 Å². The van der Waals surface area contributed by atoms with E-state index in [1.165, 1.54) is 5.75 Å². The molecule has 1 rings (SSSR count). The molecular weight excluding hydrogens is 168 g/mol. The van der Waals surface area contributed by atoms with Gasteiger partial charge in [-0.2, -0.15) is 11.8 Å². The minimum absolute atomic E-state index is 0.469. The highest BCUT2D eigenvalue weighted by molar-refractivity contribution is 7.99. The highest BCUT2D eigenvalue weighted by Gasteiger charge is 2.18. The Morgan fingerprint density at radius 1 is 1.42 bits per heavy atom. The van der Waals surface area contributed by atoms with Crippen LogP contribution in [0.4, 0.5) is 0 Å². The molecule has 1 nitrogen and oxygen atoms in total. The molecule has 0 unspecified atom stereocenters. The topological polar surface area (TPSA) is 17.1 Å². The van der Waals surface area contributed by atoms with Crippen molar-refractivity contribution in [2.24, 2.45) is 5.92 Å². The largest absolute Gasteiger partial charge is 0.300 e. The summed E-state index contributed by atoms with van der Waals surface area (Å²) in [6.45, 7) is 4.50. The Morgan fingerprint density at radius 2 is 2.00 bits per heavy atom. The molecule has 70 valence electrons. The zero-order valence-corrected chi connectivity index (χ0v) is 8.82. The second kappa shape index (κ2) is 4.90. The molecule has 0 aliphatic heterocycles. The Labute approximate surface area is 79.3 Å². The fraction of sp³-hybridized carbons (Fsp3) is 0.900. The van der Waals surface area contributed by atoms with Gasteiger partial charge in [-0.3, -0.25) is 4.79 Å². The van der Waals surface area contributed by atoms with Crippen molar-refractivity contribution in [1.82, 2.24) is 0 Å². The van der Waals surface area contributed by atoms with Gasteiger partial charge in [0.1, 0.15) is 5.78 Å². The lowest BCUT2D eigenvalue weighted by Gasteiger charge is -2.20. The van der Waals surface area contributed by atoms with Crippen molar-refractivity contribution in [3.05, 3.63) is 0 Å². The van der Waals surface area contributed by atoms with Gasteiger partial charge in [0.15, 0.2) is 0 Å². The lowest BCUT2D eigenvalue weighted by Crippen LogP contribution is -2.16. The van der Waals surface area contributed by atoms with E-state index < -0.39 is 0 Å². The first-order chi connectivity index (χ1) is 5.68. The van der Waals surface area contributed by atoms with Crippen LogP contribution in [0.1, 0.15) is 39.5 Å². The Bertz CT molecular complexity index is 144. The van der Waals surface area contributed by atoms with Gasteiger partial charge in [-0.25, -0.2) is 0 Å². The molecule has 12 heavy (non-hydrogen) atoms. The molecule has 0 radical (unpaired) electrons. The average Bonchev–Trinajstić information content (AvgIpc) is 2.03. The highest BCUT2D eigenvalue weighted by atomic mass is 32.2. The van der Waals surface area contributed by atoms with Crippen molar-refractivity contribution in [3.8, 4) is 0 Å². The molecule has 1 fully saturated rings. The molecule has 0 N–H and O–H groups in total. The number of thioether (sulfide) groups is 1. The number of hydrogen-bond acceptors (Lipinski definition) is 2. The molecule has 0 amide bonds. The van der Waals surface area contributed by atoms with Crippen LogP contribution in [-0.4, -0.2) is 16.8 Å². The smallest absolute Gasteiger partial charge is 0.132 e. The summed E-state index contributed by atoms with van der Waals surface area (Å²) in [5.74, 6) is 2.50. The van der Waals surface area contributed by atoms with Crippen LogP contribution < -0.4 is 0 Å². The third-order valence-corrected chi connectivity index (χ3v) is 3.96. The maximum atomic E-state index is 10.9. The average molecular weight is 186 g/mol. The van der Waals surface area contributed by atoms with Crippen LogP contribution in [0.5, 0.6) is 0 Å². The maximum Gasteiger partial charge on any atom is 0.132 e. The van der Waals surface area contributed by atoms with Crippen LogP contribution in [0.25, 0.3) is 0 Å². The van der Waals surface area contributed by atoms with E-state index in [9.17, 15) is 4.79 Å². The molecule has 0 spiro atoms. The van der Waals surface area contributed by atoms with Crippen LogP contribution >= 0.6 is 11.8 Å². The van der Waals surface area contributed by atoms with Crippen molar-refractivity contribution in [3.63, 3.8) is 0 Å². The Hall–Kier alpha value is 0.0200. The van der Waals surface area contributed by atoms with Crippen LogP contribution in [0.15, 0.2) is 0 Å². The molecule has 0 saturated heterocycles. The Kier molecular flexibility index (Phi) is 4.13. The summed E-state index contributed by atoms with van der Waals surface area (Å²) in [6.07, 6.45) is 3.90. The summed E-state index contributed by atoms with van der Waals surface area (Å²) >= 11 is 2.06. The molecule has 1 aliphatic rings. The van der Waals surface area contributed by atoms with Crippen molar-refractivity contribution in [1.29, 1.82) is 0 Å². The predicted octanol–water partition coefficient (Wildman–Crippen LogP) is 2.89. The quantitative estimate of drug-likeness (QED) is 0.674. The van der Waals surface area contributed by atoms with Crippen LogP contribution in [0.3, 0.4) is 0 Å². The van der Waals surface area contributed by atoms with Gasteiger partial charge >= 0.3 is 0 Å². The standard InChI is InChI=1S/C10H18OS/c1-8(2)7-12-10-5-3-9(11)4-6-10/h8,10H,3-7H2,1-2H3. The third-order valence-electron chi connectivity index (χ3n) is 2.16. The highest BCUT2D eigenvalue weighted by Crippen LogP contribution is 2.27. The van der Waals surface area contributed by atoms with E-state index in [0.29, 0.717) is 5.78 Å². The molecule has 0 heterocycles. The van der Waals surface area contributed by atoms with E-state index in [1.807, 2.05) is 0 Å². The number of carbonyl (C=O) groups is 1. The summed E-state index contributed by atoms with van der Waals surface area (Å²) < 4.78 is 0. The number of hydrogen-bond donors (Lipinski definition) is 0. The molecule has 1 aliphatic carbocycles. The van der Waals surface area contributed by atoms with Gasteiger partial charge in [0.25, 0.3) is 0 Å². The SMILES string of the molecule is CC(C)CSC1CCC(=O)CC1. The van der Waals surface area contributed by atoms with Crippen molar-refractivity contribution in [2.45, 2.75) is 44.8 Å². The second-order valence-electron chi connectivity index (χ2n) is 3.97. The minimum atomic E-state index is 0.469. The lowest BCUT2D eigenvalue weighted by molar-refractivity contribution is -0.120. The summed E-state index contributed by atoms with van der Waals surface area (Å²) in [7, 11) is 0. The van der Waals surface area contributed by atoms with Gasteiger partial charge in [0.05, 0.1) is 0 Å². The fourth-order valence-corrected chi connectivity index (χ4v) is 2.63. The molecule has 2 heteroatoms. The second-order valence-corrected chi connectivity index (χ2v) is 5.30. The number of ketones is 1. The Balaban J connectivity index is 2.13. The van der Waals surface area contributed by atoms with Crippen molar-refractivity contribution in [2.75, 3.05) is 5.75 Å². The zero-order chi connectivity index (χ0) is 8.97. The zero-order valence-electron chi connectivity index (χ0n) is 8.01. The molecular formula is C10H18OS. The van der Waals surface area contributed by atoms with Gasteiger partial charge < -0.3 is 0 Å². The van der Waals surface area contributed by atoms with E-state index in [2.05, 4.69) is 25.6 Å². The number of carbonyl (C=O) groups excluding carboxylic acids is 1. The molecule has 0 bridgehead atoms. The molecule has 1 saturated carbocycles. The van der Waals surface area contributed by atoms with E-state index in [1.54, 1.807) is 0 Å². The van der Waals surface area contributed by atoms with Gasteiger partial charge in [0.2, 0.25) is 0 Å². The lowest BCUT2D eigenvalue weighted by atomic mass is 9.99. The van der Waals surface area contributed by atoms with E-state index in [-0.39, 0.29) is 0 Å². The van der Waals surface area contributed by atoms with E-state index >= 15 is 0 Å². The molecule has 0 aromatic carbocycles. The summed E-state index contributed by atoms with van der Waals surface area (Å²) in [5.41, 5.74) is 0. The molecule has 0 atom stereocenters. The van der Waals surface area contributed by atoms with E-state index in [4.69, 9.17) is 0 Å². The summed E-state index contributed by atoms with van der Waals surface area (Å²) in [4.78, 5) is 10.9. The maximum absolute atomic E-state index is 10.9. The Morgan fingerprint density at radius 3 is 2.50 bits per heavy atom. The van der Waals surface area contributed by atoms with Crippen molar-refractivity contribution >= 4 is 17.5 Å². The van der Waals surface area contributed by atoms with Gasteiger partial charge in [-0.1, -0.05) is 13.8 Å². The van der Waals surface area contributed by atoms with Gasteiger partial charge in [0, 0.05) is 18.1 Å². The van der Waals surface area contributed by atoms with E-state index in [0.717, 1.165) is 36.9 Å². The van der Waals surface area contributed by atoms with Crippen LogP contribution in [0.2, 0.25) is 0 Å². The van der Waals surface area contributed by atoms with Gasteiger partial charge in [-0.05, 0) is 24.5 Å². The first kappa shape index (κ1) is 10.1. The predicted molar refractivity (Wildman–Crippen MR) is 54.6 cm³/mol. The normalized spacial score (nSPS) is 20.4. The van der Waals surface area contributed by atoms with Crippen LogP contribution in [-0.2, 0) is 4.79 Å². The monoisotopic (exact) mass is 186 g/mol. The van der Waals surface area contributed by atoms with Crippen LogP contribution in [0, 0.1) is 5.92 Å². The summed E-state index contributed by atoms with van der Waals surface area (Å²) in [5, 5.41) is 0.769. The first-order valence-corrected chi connectivity index (χ1v) is 5.86. The number of Topliss-reactive ketones (excluding diaryl/α,β-unsaturated/α-hetero) is 1. The third kappa shape index (κ3) is 3.61. The van der Waals surface area contributed by atoms with Crippen molar-refractivity contribution < 1.29 is 4.79 Å². The number of rotatable bonds is 3.